The molecular weight excluding hydrogens is 203 g/mol. The van der Waals surface area contributed by atoms with Crippen LogP contribution in [0.5, 0.6) is 0 Å². The summed E-state index contributed by atoms with van der Waals surface area (Å²) < 4.78 is 0.362. The molecule has 0 rings (SSSR count). The third-order valence-corrected chi connectivity index (χ3v) is 1.16. The van der Waals surface area contributed by atoms with Gasteiger partial charge in [0.2, 0.25) is 0 Å². The topological polar surface area (TPSA) is 17.1 Å². The lowest BCUT2D eigenvalue weighted by molar-refractivity contribution is -0.117. The number of carbonyl (C=O) groups excluding carboxylic acids is 1. The van der Waals surface area contributed by atoms with E-state index < -0.39 is 0 Å². The highest BCUT2D eigenvalue weighted by Gasteiger charge is 2.02. The van der Waals surface area contributed by atoms with Gasteiger partial charge in [0.05, 0.1) is 3.94 Å². The van der Waals surface area contributed by atoms with Crippen molar-refractivity contribution in [2.75, 3.05) is 0 Å². The molecule has 0 fully saturated rings. The first kappa shape index (κ1) is 9.18. The van der Waals surface area contributed by atoms with Crippen LogP contribution in [0.1, 0.15) is 13.8 Å². The fraction of sp³-hybridized carbons (Fsp3) is 0.500. The summed E-state index contributed by atoms with van der Waals surface area (Å²) in [6, 6.07) is 0. The molecule has 52 valence electrons. The lowest BCUT2D eigenvalue weighted by Crippen LogP contribution is -2.01. The van der Waals surface area contributed by atoms with E-state index in [9.17, 15) is 4.79 Å². The highest BCUT2D eigenvalue weighted by atomic mass is 79.9. The molecule has 0 spiro atoms. The number of hydrogen-bond acceptors (Lipinski definition) is 1. The summed E-state index contributed by atoms with van der Waals surface area (Å²) in [5.74, 6) is 0.0631. The predicted molar refractivity (Wildman–Crippen MR) is 42.7 cm³/mol. The first-order valence-corrected chi connectivity index (χ1v) is 3.77. The standard InChI is InChI=1S/C6H8BrClO/c1-4(2)5(9)3-6(7)8/h3-4H,1-2H3. The number of rotatable bonds is 2. The zero-order valence-electron chi connectivity index (χ0n) is 5.32. The summed E-state index contributed by atoms with van der Waals surface area (Å²) >= 11 is 8.32. The van der Waals surface area contributed by atoms with Gasteiger partial charge in [-0.2, -0.15) is 0 Å². The molecule has 0 aromatic rings. The number of ketones is 1. The molecule has 9 heavy (non-hydrogen) atoms. The Kier molecular flexibility index (Phi) is 4.15. The van der Waals surface area contributed by atoms with Crippen LogP contribution in [0.25, 0.3) is 0 Å². The smallest absolute Gasteiger partial charge is 0.160 e. The van der Waals surface area contributed by atoms with Gasteiger partial charge in [-0.25, -0.2) is 0 Å². The predicted octanol–water partition coefficient (Wildman–Crippen LogP) is 2.69. The van der Waals surface area contributed by atoms with Gasteiger partial charge in [-0.3, -0.25) is 4.79 Å². The molecule has 0 saturated heterocycles. The fourth-order valence-corrected chi connectivity index (χ4v) is 0.607. The van der Waals surface area contributed by atoms with Gasteiger partial charge in [0.25, 0.3) is 0 Å². The van der Waals surface area contributed by atoms with E-state index in [1.807, 2.05) is 13.8 Å². The number of halogens is 2. The number of carbonyl (C=O) groups is 1. The van der Waals surface area contributed by atoms with Gasteiger partial charge in [-0.1, -0.05) is 25.4 Å². The van der Waals surface area contributed by atoms with Gasteiger partial charge in [-0.05, 0) is 15.9 Å². The Hall–Kier alpha value is 0.180. The number of allylic oxidation sites excluding steroid dienone is 1. The molecule has 0 bridgehead atoms. The molecule has 0 saturated carbocycles. The van der Waals surface area contributed by atoms with Crippen molar-refractivity contribution in [1.82, 2.24) is 0 Å². The first-order valence-electron chi connectivity index (χ1n) is 2.60. The Labute approximate surface area is 68.2 Å². The van der Waals surface area contributed by atoms with Gasteiger partial charge in [-0.15, -0.1) is 0 Å². The van der Waals surface area contributed by atoms with Gasteiger partial charge in [0, 0.05) is 12.0 Å². The molecule has 0 unspecified atom stereocenters. The van der Waals surface area contributed by atoms with E-state index in [0.717, 1.165) is 0 Å². The molecule has 0 aliphatic carbocycles. The van der Waals surface area contributed by atoms with Crippen molar-refractivity contribution in [2.24, 2.45) is 5.92 Å². The van der Waals surface area contributed by atoms with Gasteiger partial charge >= 0.3 is 0 Å². The molecule has 0 N–H and O–H groups in total. The summed E-state index contributed by atoms with van der Waals surface area (Å²) in [5.41, 5.74) is 0. The Bertz CT molecular complexity index is 136. The Morgan fingerprint density at radius 3 is 2.22 bits per heavy atom. The van der Waals surface area contributed by atoms with Crippen LogP contribution in [0.2, 0.25) is 0 Å². The van der Waals surface area contributed by atoms with Crippen LogP contribution in [0, 0.1) is 5.92 Å². The zero-order valence-corrected chi connectivity index (χ0v) is 7.66. The summed E-state index contributed by atoms with van der Waals surface area (Å²) in [4.78, 5) is 10.8. The molecular formula is C6H8BrClO. The van der Waals surface area contributed by atoms with Crippen LogP contribution in [-0.4, -0.2) is 5.78 Å². The monoisotopic (exact) mass is 210 g/mol. The van der Waals surface area contributed by atoms with Crippen molar-refractivity contribution >= 4 is 33.3 Å². The maximum atomic E-state index is 10.8. The highest BCUT2D eigenvalue weighted by Crippen LogP contribution is 2.11. The number of hydrogen-bond donors (Lipinski definition) is 0. The van der Waals surface area contributed by atoms with Crippen molar-refractivity contribution < 1.29 is 4.79 Å². The maximum absolute atomic E-state index is 10.8. The minimum Gasteiger partial charge on any atom is -0.294 e. The molecule has 3 heteroatoms. The zero-order chi connectivity index (χ0) is 7.44. The maximum Gasteiger partial charge on any atom is 0.160 e. The third kappa shape index (κ3) is 4.67. The molecule has 0 atom stereocenters. The van der Waals surface area contributed by atoms with Gasteiger partial charge in [0.1, 0.15) is 0 Å². The Morgan fingerprint density at radius 2 is 2.11 bits per heavy atom. The second-order valence-corrected chi connectivity index (χ2v) is 3.71. The molecule has 0 radical (unpaired) electrons. The summed E-state index contributed by atoms with van der Waals surface area (Å²) in [6.07, 6.45) is 1.37. The van der Waals surface area contributed by atoms with Crippen LogP contribution in [-0.2, 0) is 4.79 Å². The fourth-order valence-electron chi connectivity index (χ4n) is 0.274. The van der Waals surface area contributed by atoms with Crippen LogP contribution in [0.15, 0.2) is 10.0 Å². The van der Waals surface area contributed by atoms with Crippen molar-refractivity contribution in [3.05, 3.63) is 10.0 Å². The lowest BCUT2D eigenvalue weighted by Gasteiger charge is -1.94. The van der Waals surface area contributed by atoms with Crippen LogP contribution in [0.3, 0.4) is 0 Å². The van der Waals surface area contributed by atoms with Crippen LogP contribution >= 0.6 is 27.5 Å². The van der Waals surface area contributed by atoms with E-state index >= 15 is 0 Å². The van der Waals surface area contributed by atoms with E-state index in [2.05, 4.69) is 15.9 Å². The molecule has 0 amide bonds. The van der Waals surface area contributed by atoms with E-state index in [4.69, 9.17) is 11.6 Å². The van der Waals surface area contributed by atoms with Gasteiger partial charge in [0.15, 0.2) is 5.78 Å². The summed E-state index contributed by atoms with van der Waals surface area (Å²) in [7, 11) is 0. The largest absolute Gasteiger partial charge is 0.294 e. The van der Waals surface area contributed by atoms with Crippen LogP contribution < -0.4 is 0 Å². The van der Waals surface area contributed by atoms with Crippen molar-refractivity contribution in [2.45, 2.75) is 13.8 Å². The lowest BCUT2D eigenvalue weighted by atomic mass is 10.1. The second kappa shape index (κ2) is 4.07. The second-order valence-electron chi connectivity index (χ2n) is 1.99. The van der Waals surface area contributed by atoms with E-state index in [1.165, 1.54) is 6.08 Å². The van der Waals surface area contributed by atoms with E-state index in [0.29, 0.717) is 3.94 Å². The molecule has 0 aromatic heterocycles. The molecule has 0 heterocycles. The minimum atomic E-state index is 0.0244. The minimum absolute atomic E-state index is 0.0244. The van der Waals surface area contributed by atoms with Crippen molar-refractivity contribution in [1.29, 1.82) is 0 Å². The highest BCUT2D eigenvalue weighted by molar-refractivity contribution is 9.12. The average Bonchev–Trinajstić information content (AvgIpc) is 1.63. The SMILES string of the molecule is CC(C)C(=O)C=C(Cl)Br. The average molecular weight is 211 g/mol. The van der Waals surface area contributed by atoms with E-state index in [1.54, 1.807) is 0 Å². The Balaban J connectivity index is 3.93. The molecule has 1 nitrogen and oxygen atoms in total. The van der Waals surface area contributed by atoms with Crippen molar-refractivity contribution in [3.8, 4) is 0 Å². The summed E-state index contributed by atoms with van der Waals surface area (Å²) in [5, 5.41) is 0. The summed E-state index contributed by atoms with van der Waals surface area (Å²) in [6.45, 7) is 3.65. The molecule has 0 aliphatic rings. The van der Waals surface area contributed by atoms with Crippen LogP contribution in [0.4, 0.5) is 0 Å². The Morgan fingerprint density at radius 1 is 1.67 bits per heavy atom. The third-order valence-electron chi connectivity index (χ3n) is 0.820. The molecule has 0 aromatic carbocycles. The van der Waals surface area contributed by atoms with E-state index in [-0.39, 0.29) is 11.7 Å². The normalized spacial score (nSPS) is 12.3. The van der Waals surface area contributed by atoms with Crippen molar-refractivity contribution in [3.63, 3.8) is 0 Å². The molecule has 0 aliphatic heterocycles. The van der Waals surface area contributed by atoms with Gasteiger partial charge < -0.3 is 0 Å². The quantitative estimate of drug-likeness (QED) is 0.642. The first-order chi connectivity index (χ1) is 4.04.